The van der Waals surface area contributed by atoms with Crippen LogP contribution in [0.1, 0.15) is 58.1 Å². The number of nitrogens with one attached hydrogen (secondary N) is 2. The number of pyridine rings is 2. The summed E-state index contributed by atoms with van der Waals surface area (Å²) in [5.74, 6) is 0.357. The lowest BCUT2D eigenvalue weighted by Crippen LogP contribution is -2.45. The number of aromatic nitrogens is 3. The van der Waals surface area contributed by atoms with Gasteiger partial charge in [0.15, 0.2) is 0 Å². The van der Waals surface area contributed by atoms with E-state index in [0.717, 1.165) is 48.3 Å². The van der Waals surface area contributed by atoms with Crippen LogP contribution < -0.4 is 4.72 Å². The number of nitrogens with zero attached hydrogens (tertiary/aromatic N) is 2. The molecule has 1 aliphatic rings. The summed E-state index contributed by atoms with van der Waals surface area (Å²) in [7, 11) is -3.33. The normalized spacial score (nSPS) is 20.0. The van der Waals surface area contributed by atoms with Gasteiger partial charge in [-0.15, -0.1) is 0 Å². The average molecular weight is 439 g/mol. The molecule has 7 heteroatoms. The lowest BCUT2D eigenvalue weighted by atomic mass is 9.84. The van der Waals surface area contributed by atoms with Crippen molar-refractivity contribution in [2.45, 2.75) is 63.2 Å². The summed E-state index contributed by atoms with van der Waals surface area (Å²) in [5.41, 5.74) is 4.99. The van der Waals surface area contributed by atoms with Gasteiger partial charge in [0.1, 0.15) is 0 Å². The summed E-state index contributed by atoms with van der Waals surface area (Å²) < 4.78 is 27.1. The van der Waals surface area contributed by atoms with Gasteiger partial charge in [-0.2, -0.15) is 0 Å². The van der Waals surface area contributed by atoms with Gasteiger partial charge in [0.25, 0.3) is 0 Å². The number of hydrogen-bond donors (Lipinski definition) is 2. The molecule has 0 bridgehead atoms. The smallest absolute Gasteiger partial charge is 0.216 e. The maximum Gasteiger partial charge on any atom is 0.216 e. The highest BCUT2D eigenvalue weighted by atomic mass is 32.2. The minimum atomic E-state index is -3.33. The first-order chi connectivity index (χ1) is 14.7. The molecule has 3 aromatic heterocycles. The van der Waals surface area contributed by atoms with Gasteiger partial charge in [0, 0.05) is 29.7 Å². The van der Waals surface area contributed by atoms with Gasteiger partial charge in [-0.05, 0) is 82.7 Å². The zero-order valence-electron chi connectivity index (χ0n) is 18.3. The molecule has 0 aromatic carbocycles. The molecular weight excluding hydrogens is 408 g/mol. The van der Waals surface area contributed by atoms with Crippen molar-refractivity contribution in [1.29, 1.82) is 0 Å². The second-order valence-electron chi connectivity index (χ2n) is 9.23. The second-order valence-corrected chi connectivity index (χ2v) is 11.7. The first-order valence-corrected chi connectivity index (χ1v) is 12.3. The van der Waals surface area contributed by atoms with Crippen molar-refractivity contribution >= 4 is 10.0 Å². The molecule has 164 valence electrons. The minimum absolute atomic E-state index is 0.000887. The van der Waals surface area contributed by atoms with Gasteiger partial charge in [0.05, 0.1) is 21.8 Å². The molecule has 0 saturated heterocycles. The highest BCUT2D eigenvalue weighted by molar-refractivity contribution is 7.90. The molecule has 0 amide bonds. The fraction of sp³-hybridized carbons (Fsp3) is 0.417. The topological polar surface area (TPSA) is 87.7 Å². The van der Waals surface area contributed by atoms with E-state index in [1.54, 1.807) is 33.2 Å². The van der Waals surface area contributed by atoms with E-state index in [1.807, 2.05) is 36.4 Å². The second kappa shape index (κ2) is 8.55. The minimum Gasteiger partial charge on any atom is -0.356 e. The zero-order chi connectivity index (χ0) is 22.1. The van der Waals surface area contributed by atoms with Crippen molar-refractivity contribution in [1.82, 2.24) is 19.7 Å². The average Bonchev–Trinajstić information content (AvgIpc) is 3.20. The van der Waals surface area contributed by atoms with E-state index in [1.165, 1.54) is 5.69 Å². The molecule has 31 heavy (non-hydrogen) atoms. The predicted octanol–water partition coefficient (Wildman–Crippen LogP) is 4.88. The molecule has 2 N–H and O–H groups in total. The summed E-state index contributed by atoms with van der Waals surface area (Å²) in [6.45, 7) is 5.20. The fourth-order valence-corrected chi connectivity index (χ4v) is 5.08. The third-order valence-electron chi connectivity index (χ3n) is 6.00. The van der Waals surface area contributed by atoms with Gasteiger partial charge in [-0.3, -0.25) is 9.97 Å². The molecule has 0 radical (unpaired) electrons. The first-order valence-electron chi connectivity index (χ1n) is 10.8. The Morgan fingerprint density at radius 2 is 1.55 bits per heavy atom. The van der Waals surface area contributed by atoms with E-state index < -0.39 is 14.8 Å². The first kappa shape index (κ1) is 21.7. The van der Waals surface area contributed by atoms with Crippen LogP contribution in [-0.2, 0) is 10.0 Å². The maximum absolute atomic E-state index is 12.5. The van der Waals surface area contributed by atoms with Gasteiger partial charge in [0.2, 0.25) is 10.0 Å². The van der Waals surface area contributed by atoms with E-state index in [0.29, 0.717) is 5.92 Å². The molecule has 3 aromatic rings. The Morgan fingerprint density at radius 1 is 0.935 bits per heavy atom. The van der Waals surface area contributed by atoms with Gasteiger partial charge in [-0.1, -0.05) is 12.1 Å². The zero-order valence-corrected chi connectivity index (χ0v) is 19.1. The highest BCUT2D eigenvalue weighted by Gasteiger charge is 2.33. The molecular formula is C24H30N4O2S. The Labute approximate surface area is 184 Å². The van der Waals surface area contributed by atoms with Crippen molar-refractivity contribution in [2.75, 3.05) is 0 Å². The lowest BCUT2D eigenvalue weighted by Gasteiger charge is -2.31. The molecule has 0 aliphatic heterocycles. The van der Waals surface area contributed by atoms with Crippen LogP contribution in [0.25, 0.3) is 22.6 Å². The molecule has 1 saturated carbocycles. The van der Waals surface area contributed by atoms with E-state index in [4.69, 9.17) is 0 Å². The molecule has 6 nitrogen and oxygen atoms in total. The van der Waals surface area contributed by atoms with Crippen molar-refractivity contribution < 1.29 is 8.42 Å². The Morgan fingerprint density at radius 3 is 2.10 bits per heavy atom. The van der Waals surface area contributed by atoms with Crippen molar-refractivity contribution in [3.63, 3.8) is 0 Å². The SMILES string of the molecule is CC(C)(C)S(=O)(=O)NC1CCC(c2cc(-c3ccccn3)c(-c3ccccn3)[nH]2)CC1. The lowest BCUT2D eigenvalue weighted by molar-refractivity contribution is 0.368. The molecule has 0 atom stereocenters. The highest BCUT2D eigenvalue weighted by Crippen LogP contribution is 2.38. The van der Waals surface area contributed by atoms with Gasteiger partial charge >= 0.3 is 0 Å². The number of aromatic amines is 1. The summed E-state index contributed by atoms with van der Waals surface area (Å²) >= 11 is 0. The van der Waals surface area contributed by atoms with Crippen molar-refractivity contribution in [2.24, 2.45) is 0 Å². The van der Waals surface area contributed by atoms with E-state index in [9.17, 15) is 8.42 Å². The van der Waals surface area contributed by atoms with Crippen molar-refractivity contribution in [3.8, 4) is 22.6 Å². The van der Waals surface area contributed by atoms with Crippen LogP contribution in [0.4, 0.5) is 0 Å². The van der Waals surface area contributed by atoms with Crippen LogP contribution in [0.15, 0.2) is 54.9 Å². The Bertz CT molecular complexity index is 1050. The quantitative estimate of drug-likeness (QED) is 0.594. The molecule has 1 fully saturated rings. The van der Waals surface area contributed by atoms with Gasteiger partial charge < -0.3 is 4.98 Å². The van der Waals surface area contributed by atoms with E-state index >= 15 is 0 Å². The van der Waals surface area contributed by atoms with Gasteiger partial charge in [-0.25, -0.2) is 13.1 Å². The fourth-order valence-electron chi connectivity index (χ4n) is 4.05. The molecule has 3 heterocycles. The molecule has 0 spiro atoms. The predicted molar refractivity (Wildman–Crippen MR) is 124 cm³/mol. The Balaban J connectivity index is 1.56. The van der Waals surface area contributed by atoms with Crippen LogP contribution in [0.2, 0.25) is 0 Å². The van der Waals surface area contributed by atoms with Crippen LogP contribution in [-0.4, -0.2) is 34.2 Å². The van der Waals surface area contributed by atoms with E-state index in [-0.39, 0.29) is 6.04 Å². The van der Waals surface area contributed by atoms with Crippen LogP contribution in [0, 0.1) is 0 Å². The monoisotopic (exact) mass is 438 g/mol. The maximum atomic E-state index is 12.5. The number of rotatable bonds is 5. The number of H-pyrrole nitrogens is 1. The van der Waals surface area contributed by atoms with Crippen LogP contribution >= 0.6 is 0 Å². The third kappa shape index (κ3) is 4.72. The summed E-state index contributed by atoms with van der Waals surface area (Å²) in [5, 5.41) is 0. The third-order valence-corrected chi connectivity index (χ3v) is 8.25. The Hall–Kier alpha value is -2.51. The summed E-state index contributed by atoms with van der Waals surface area (Å²) in [6, 6.07) is 14.0. The number of sulfonamides is 1. The largest absolute Gasteiger partial charge is 0.356 e. The standard InChI is InChI=1S/C24H30N4O2S/c1-24(2,3)31(29,30)28-18-12-10-17(11-13-18)22-16-19(20-8-4-6-14-25-20)23(27-22)21-9-5-7-15-26-21/h4-9,14-18,27-28H,10-13H2,1-3H3. The number of hydrogen-bond acceptors (Lipinski definition) is 4. The summed E-state index contributed by atoms with van der Waals surface area (Å²) in [4.78, 5) is 12.7. The van der Waals surface area contributed by atoms with Crippen LogP contribution in [0.5, 0.6) is 0 Å². The molecule has 4 rings (SSSR count). The molecule has 0 unspecified atom stereocenters. The van der Waals surface area contributed by atoms with E-state index in [2.05, 4.69) is 25.7 Å². The molecule has 1 aliphatic carbocycles. The van der Waals surface area contributed by atoms with Crippen molar-refractivity contribution in [3.05, 3.63) is 60.6 Å². The summed E-state index contributed by atoms with van der Waals surface area (Å²) in [6.07, 6.45) is 7.12. The van der Waals surface area contributed by atoms with Crippen LogP contribution in [0.3, 0.4) is 0 Å². The Kier molecular flexibility index (Phi) is 5.99.